The van der Waals surface area contributed by atoms with Crippen molar-refractivity contribution in [1.82, 2.24) is 4.98 Å². The number of benzene rings is 2. The fourth-order valence-corrected chi connectivity index (χ4v) is 2.51. The van der Waals surface area contributed by atoms with E-state index in [0.29, 0.717) is 12.2 Å². The minimum Gasteiger partial charge on any atom is -0.489 e. The molecule has 1 N–H and O–H groups in total. The molecule has 2 aromatic carbocycles. The van der Waals surface area contributed by atoms with E-state index in [4.69, 9.17) is 9.47 Å². The molecule has 4 nitrogen and oxygen atoms in total. The lowest BCUT2D eigenvalue weighted by Crippen LogP contribution is -2.02. The molecule has 22 heavy (non-hydrogen) atoms. The molecule has 0 amide bonds. The topological polar surface area (TPSA) is 51.3 Å². The summed E-state index contributed by atoms with van der Waals surface area (Å²) in [5, 5.41) is 0.844. The van der Waals surface area contributed by atoms with Crippen LogP contribution in [0.4, 0.5) is 0 Å². The molecule has 0 saturated heterocycles. The second-order valence-corrected chi connectivity index (χ2v) is 5.10. The Kier molecular flexibility index (Phi) is 3.83. The van der Waals surface area contributed by atoms with Gasteiger partial charge >= 0.3 is 5.97 Å². The molecular formula is C18H17NO3. The minimum absolute atomic E-state index is 0.332. The zero-order chi connectivity index (χ0) is 15.5. The number of hydrogen-bond donors (Lipinski definition) is 1. The summed E-state index contributed by atoms with van der Waals surface area (Å²) in [7, 11) is 1.39. The van der Waals surface area contributed by atoms with Gasteiger partial charge in [-0.3, -0.25) is 0 Å². The average molecular weight is 295 g/mol. The molecule has 1 heterocycles. The summed E-state index contributed by atoms with van der Waals surface area (Å²) >= 11 is 0. The molecule has 1 aromatic heterocycles. The first kappa shape index (κ1) is 14.2. The normalized spacial score (nSPS) is 10.6. The number of fused-ring (bicyclic) bond motifs is 1. The standard InChI is InChI=1S/C18H17NO3/c1-12-17(18(20)21-2)15-9-8-14(10-16(15)19-12)22-11-13-6-4-3-5-7-13/h3-10,19H,11H2,1-2H3. The van der Waals surface area contributed by atoms with Crippen LogP contribution in [0.3, 0.4) is 0 Å². The second kappa shape index (κ2) is 5.93. The van der Waals surface area contributed by atoms with E-state index >= 15 is 0 Å². The van der Waals surface area contributed by atoms with Gasteiger partial charge in [0.2, 0.25) is 0 Å². The molecule has 0 bridgehead atoms. The van der Waals surface area contributed by atoms with Gasteiger partial charge < -0.3 is 14.5 Å². The van der Waals surface area contributed by atoms with Crippen molar-refractivity contribution in [1.29, 1.82) is 0 Å². The van der Waals surface area contributed by atoms with Crippen LogP contribution in [0.1, 0.15) is 21.6 Å². The van der Waals surface area contributed by atoms with Crippen LogP contribution >= 0.6 is 0 Å². The molecule has 112 valence electrons. The predicted molar refractivity (Wildman–Crippen MR) is 85.1 cm³/mol. The van der Waals surface area contributed by atoms with E-state index in [1.165, 1.54) is 7.11 Å². The first-order valence-corrected chi connectivity index (χ1v) is 7.06. The molecule has 3 rings (SSSR count). The van der Waals surface area contributed by atoms with Gasteiger partial charge in [0.25, 0.3) is 0 Å². The van der Waals surface area contributed by atoms with Crippen molar-refractivity contribution < 1.29 is 14.3 Å². The Morgan fingerprint density at radius 3 is 2.64 bits per heavy atom. The molecule has 0 aliphatic carbocycles. The van der Waals surface area contributed by atoms with Crippen LogP contribution in [-0.2, 0) is 11.3 Å². The molecule has 0 unspecified atom stereocenters. The van der Waals surface area contributed by atoms with Crippen molar-refractivity contribution in [2.75, 3.05) is 7.11 Å². The van der Waals surface area contributed by atoms with Gasteiger partial charge in [0, 0.05) is 17.1 Å². The Morgan fingerprint density at radius 1 is 1.14 bits per heavy atom. The molecule has 4 heteroatoms. The van der Waals surface area contributed by atoms with E-state index in [0.717, 1.165) is 27.9 Å². The zero-order valence-corrected chi connectivity index (χ0v) is 12.6. The fourth-order valence-electron chi connectivity index (χ4n) is 2.51. The lowest BCUT2D eigenvalue weighted by atomic mass is 10.1. The highest BCUT2D eigenvalue weighted by atomic mass is 16.5. The van der Waals surface area contributed by atoms with E-state index in [9.17, 15) is 4.79 Å². The lowest BCUT2D eigenvalue weighted by molar-refractivity contribution is 0.0602. The number of aromatic nitrogens is 1. The number of aryl methyl sites for hydroxylation is 1. The third-order valence-corrected chi connectivity index (χ3v) is 3.60. The van der Waals surface area contributed by atoms with E-state index in [-0.39, 0.29) is 5.97 Å². The maximum Gasteiger partial charge on any atom is 0.340 e. The summed E-state index contributed by atoms with van der Waals surface area (Å²) < 4.78 is 10.6. The molecule has 3 aromatic rings. The molecule has 0 aliphatic rings. The van der Waals surface area contributed by atoms with Crippen molar-refractivity contribution in [3.05, 3.63) is 65.4 Å². The quantitative estimate of drug-likeness (QED) is 0.744. The third-order valence-electron chi connectivity index (χ3n) is 3.60. The Bertz CT molecular complexity index is 806. The first-order chi connectivity index (χ1) is 10.7. The van der Waals surface area contributed by atoms with Gasteiger partial charge in [-0.05, 0) is 24.6 Å². The third kappa shape index (κ3) is 2.68. The van der Waals surface area contributed by atoms with E-state index in [1.54, 1.807) is 0 Å². The number of nitrogens with one attached hydrogen (secondary N) is 1. The van der Waals surface area contributed by atoms with Crippen LogP contribution in [0.2, 0.25) is 0 Å². The highest BCUT2D eigenvalue weighted by molar-refractivity contribution is 6.05. The highest BCUT2D eigenvalue weighted by Crippen LogP contribution is 2.27. The fraction of sp³-hybridized carbons (Fsp3) is 0.167. The van der Waals surface area contributed by atoms with Gasteiger partial charge in [-0.25, -0.2) is 4.79 Å². The number of carbonyl (C=O) groups excluding carboxylic acids is 1. The summed E-state index contributed by atoms with van der Waals surface area (Å²) in [6.45, 7) is 2.37. The van der Waals surface area contributed by atoms with Crippen LogP contribution in [0.25, 0.3) is 10.9 Å². The van der Waals surface area contributed by atoms with Gasteiger partial charge in [-0.1, -0.05) is 30.3 Å². The van der Waals surface area contributed by atoms with Crippen molar-refractivity contribution in [3.8, 4) is 5.75 Å². The van der Waals surface area contributed by atoms with E-state index in [2.05, 4.69) is 4.98 Å². The summed E-state index contributed by atoms with van der Waals surface area (Å²) in [6, 6.07) is 15.6. The van der Waals surface area contributed by atoms with Crippen molar-refractivity contribution >= 4 is 16.9 Å². The Hall–Kier alpha value is -2.75. The van der Waals surface area contributed by atoms with Gasteiger partial charge in [0.05, 0.1) is 18.2 Å². The minimum atomic E-state index is -0.332. The van der Waals surface area contributed by atoms with E-state index < -0.39 is 0 Å². The number of carbonyl (C=O) groups is 1. The first-order valence-electron chi connectivity index (χ1n) is 7.06. The van der Waals surface area contributed by atoms with Crippen LogP contribution < -0.4 is 4.74 Å². The Labute approximate surface area is 128 Å². The molecule has 0 aliphatic heterocycles. The zero-order valence-electron chi connectivity index (χ0n) is 12.6. The highest BCUT2D eigenvalue weighted by Gasteiger charge is 2.16. The number of hydrogen-bond acceptors (Lipinski definition) is 3. The van der Waals surface area contributed by atoms with Crippen molar-refractivity contribution in [3.63, 3.8) is 0 Å². The maximum atomic E-state index is 11.8. The molecule has 0 radical (unpaired) electrons. The summed E-state index contributed by atoms with van der Waals surface area (Å²) in [5.74, 6) is 0.427. The predicted octanol–water partition coefficient (Wildman–Crippen LogP) is 3.84. The van der Waals surface area contributed by atoms with Gasteiger partial charge in [0.15, 0.2) is 0 Å². The molecule has 0 fully saturated rings. The van der Waals surface area contributed by atoms with Crippen molar-refractivity contribution in [2.45, 2.75) is 13.5 Å². The van der Waals surface area contributed by atoms with Gasteiger partial charge in [-0.15, -0.1) is 0 Å². The molecule has 0 atom stereocenters. The SMILES string of the molecule is COC(=O)c1c(C)[nH]c2cc(OCc3ccccc3)ccc12. The number of methoxy groups -OCH3 is 1. The number of aromatic amines is 1. The van der Waals surface area contributed by atoms with Gasteiger partial charge in [0.1, 0.15) is 12.4 Å². The van der Waals surface area contributed by atoms with Crippen molar-refractivity contribution in [2.24, 2.45) is 0 Å². The van der Waals surface area contributed by atoms with Crippen LogP contribution in [0.5, 0.6) is 5.75 Å². The number of ether oxygens (including phenoxy) is 2. The molecule has 0 spiro atoms. The van der Waals surface area contributed by atoms with Gasteiger partial charge in [-0.2, -0.15) is 0 Å². The lowest BCUT2D eigenvalue weighted by Gasteiger charge is -2.06. The Balaban J connectivity index is 1.86. The number of esters is 1. The monoisotopic (exact) mass is 295 g/mol. The smallest absolute Gasteiger partial charge is 0.340 e. The summed E-state index contributed by atoms with van der Waals surface area (Å²) in [4.78, 5) is 15.0. The summed E-state index contributed by atoms with van der Waals surface area (Å²) in [5.41, 5.74) is 3.35. The molecular weight excluding hydrogens is 278 g/mol. The second-order valence-electron chi connectivity index (χ2n) is 5.10. The Morgan fingerprint density at radius 2 is 1.91 bits per heavy atom. The average Bonchev–Trinajstić information content (AvgIpc) is 2.88. The van der Waals surface area contributed by atoms with Crippen LogP contribution in [0.15, 0.2) is 48.5 Å². The largest absolute Gasteiger partial charge is 0.489 e. The number of rotatable bonds is 4. The van der Waals surface area contributed by atoms with Crippen LogP contribution in [0, 0.1) is 6.92 Å². The maximum absolute atomic E-state index is 11.8. The summed E-state index contributed by atoms with van der Waals surface area (Å²) in [6.07, 6.45) is 0. The van der Waals surface area contributed by atoms with Crippen LogP contribution in [-0.4, -0.2) is 18.1 Å². The number of H-pyrrole nitrogens is 1. The van der Waals surface area contributed by atoms with E-state index in [1.807, 2.05) is 55.5 Å². The molecule has 0 saturated carbocycles.